The molecular weight excluding hydrogens is 352 g/mol. The van der Waals surface area contributed by atoms with Gasteiger partial charge in [0.2, 0.25) is 10.0 Å². The summed E-state index contributed by atoms with van der Waals surface area (Å²) in [6.45, 7) is 3.15. The van der Waals surface area contributed by atoms with E-state index in [-0.39, 0.29) is 18.8 Å². The summed E-state index contributed by atoms with van der Waals surface area (Å²) < 4.78 is 31.9. The first-order valence-electron chi connectivity index (χ1n) is 8.49. The van der Waals surface area contributed by atoms with Crippen molar-refractivity contribution in [2.24, 2.45) is 0 Å². The highest BCUT2D eigenvalue weighted by Gasteiger charge is 2.29. The van der Waals surface area contributed by atoms with Gasteiger partial charge in [0, 0.05) is 26.2 Å². The SMILES string of the molecule is Cc1ccc(CS(=O)(=O)N2CCN(C(=O)Oc3ccccc3)CC2)cc1. The zero-order valence-corrected chi connectivity index (χ0v) is 15.5. The van der Waals surface area contributed by atoms with Crippen LogP contribution in [0.15, 0.2) is 54.6 Å². The van der Waals surface area contributed by atoms with Crippen molar-refractivity contribution in [1.82, 2.24) is 9.21 Å². The van der Waals surface area contributed by atoms with Crippen LogP contribution in [0.5, 0.6) is 5.75 Å². The second kappa shape index (κ2) is 7.88. The summed E-state index contributed by atoms with van der Waals surface area (Å²) in [7, 11) is -3.40. The normalized spacial score (nSPS) is 15.7. The number of nitrogens with zero attached hydrogens (tertiary/aromatic N) is 2. The minimum Gasteiger partial charge on any atom is -0.410 e. The average molecular weight is 374 g/mol. The Morgan fingerprint density at radius 1 is 0.962 bits per heavy atom. The number of piperazine rings is 1. The van der Waals surface area contributed by atoms with Crippen LogP contribution >= 0.6 is 0 Å². The van der Waals surface area contributed by atoms with Crippen LogP contribution in [-0.4, -0.2) is 49.9 Å². The van der Waals surface area contributed by atoms with Gasteiger partial charge in [0.15, 0.2) is 0 Å². The summed E-state index contributed by atoms with van der Waals surface area (Å²) in [6.07, 6.45) is -0.452. The number of hydrogen-bond acceptors (Lipinski definition) is 4. The van der Waals surface area contributed by atoms with E-state index in [0.29, 0.717) is 18.8 Å². The lowest BCUT2D eigenvalue weighted by molar-refractivity contribution is 0.132. The molecule has 1 amide bonds. The maximum absolute atomic E-state index is 12.6. The van der Waals surface area contributed by atoms with Gasteiger partial charge >= 0.3 is 6.09 Å². The zero-order chi connectivity index (χ0) is 18.6. The van der Waals surface area contributed by atoms with Crippen molar-refractivity contribution in [3.63, 3.8) is 0 Å². The molecule has 1 saturated heterocycles. The van der Waals surface area contributed by atoms with Crippen molar-refractivity contribution in [3.05, 3.63) is 65.7 Å². The van der Waals surface area contributed by atoms with Gasteiger partial charge in [0.1, 0.15) is 5.75 Å². The molecule has 0 bridgehead atoms. The Morgan fingerprint density at radius 2 is 1.58 bits per heavy atom. The fraction of sp³-hybridized carbons (Fsp3) is 0.316. The van der Waals surface area contributed by atoms with Gasteiger partial charge in [-0.15, -0.1) is 0 Å². The number of carbonyl (C=O) groups is 1. The van der Waals surface area contributed by atoms with Crippen LogP contribution in [0.3, 0.4) is 0 Å². The van der Waals surface area contributed by atoms with E-state index in [9.17, 15) is 13.2 Å². The Balaban J connectivity index is 1.55. The highest BCUT2D eigenvalue weighted by atomic mass is 32.2. The van der Waals surface area contributed by atoms with Crippen molar-refractivity contribution in [1.29, 1.82) is 0 Å². The second-order valence-electron chi connectivity index (χ2n) is 6.31. The lowest BCUT2D eigenvalue weighted by Gasteiger charge is -2.33. The number of para-hydroxylation sites is 1. The maximum atomic E-state index is 12.6. The molecule has 1 aliphatic rings. The minimum atomic E-state index is -3.40. The quantitative estimate of drug-likeness (QED) is 0.825. The molecular formula is C19H22N2O4S. The predicted molar refractivity (Wildman–Crippen MR) is 99.4 cm³/mol. The van der Waals surface area contributed by atoms with E-state index in [0.717, 1.165) is 11.1 Å². The third kappa shape index (κ3) is 4.62. The van der Waals surface area contributed by atoms with Gasteiger partial charge in [-0.25, -0.2) is 13.2 Å². The molecule has 2 aromatic rings. The molecule has 0 aliphatic carbocycles. The molecule has 1 heterocycles. The number of carbonyl (C=O) groups excluding carboxylic acids is 1. The van der Waals surface area contributed by atoms with Crippen LogP contribution in [0.1, 0.15) is 11.1 Å². The van der Waals surface area contributed by atoms with E-state index in [2.05, 4.69) is 0 Å². The molecule has 0 unspecified atom stereocenters. The van der Waals surface area contributed by atoms with Crippen molar-refractivity contribution >= 4 is 16.1 Å². The standard InChI is InChI=1S/C19H22N2O4S/c1-16-7-9-17(10-8-16)15-26(23,24)21-13-11-20(12-14-21)19(22)25-18-5-3-2-4-6-18/h2-10H,11-15H2,1H3. The molecule has 0 spiro atoms. The van der Waals surface area contributed by atoms with Crippen molar-refractivity contribution in [2.45, 2.75) is 12.7 Å². The minimum absolute atomic E-state index is 0.0260. The van der Waals surface area contributed by atoms with E-state index in [1.165, 1.54) is 9.21 Å². The molecule has 2 aromatic carbocycles. The molecule has 7 heteroatoms. The smallest absolute Gasteiger partial charge is 0.410 e. The van der Waals surface area contributed by atoms with Crippen molar-refractivity contribution in [3.8, 4) is 5.75 Å². The van der Waals surface area contributed by atoms with Gasteiger partial charge < -0.3 is 9.64 Å². The van der Waals surface area contributed by atoms with Crippen LogP contribution in [-0.2, 0) is 15.8 Å². The number of ether oxygens (including phenoxy) is 1. The lowest BCUT2D eigenvalue weighted by atomic mass is 10.2. The van der Waals surface area contributed by atoms with Gasteiger partial charge in [-0.2, -0.15) is 4.31 Å². The number of rotatable bonds is 4. The highest BCUT2D eigenvalue weighted by Crippen LogP contribution is 2.16. The van der Waals surface area contributed by atoms with E-state index in [1.54, 1.807) is 24.3 Å². The molecule has 1 aliphatic heterocycles. The van der Waals surface area contributed by atoms with E-state index in [4.69, 9.17) is 4.74 Å². The average Bonchev–Trinajstić information content (AvgIpc) is 2.64. The molecule has 0 atom stereocenters. The van der Waals surface area contributed by atoms with Crippen LogP contribution in [0.25, 0.3) is 0 Å². The van der Waals surface area contributed by atoms with Crippen LogP contribution in [0, 0.1) is 6.92 Å². The molecule has 0 aromatic heterocycles. The number of sulfonamides is 1. The molecule has 0 radical (unpaired) electrons. The molecule has 26 heavy (non-hydrogen) atoms. The third-order valence-corrected chi connectivity index (χ3v) is 6.16. The summed E-state index contributed by atoms with van der Waals surface area (Å²) in [5, 5.41) is 0. The number of aryl methyl sites for hydroxylation is 1. The second-order valence-corrected chi connectivity index (χ2v) is 8.28. The zero-order valence-electron chi connectivity index (χ0n) is 14.7. The topological polar surface area (TPSA) is 66.9 Å². The number of benzene rings is 2. The Kier molecular flexibility index (Phi) is 5.58. The summed E-state index contributed by atoms with van der Waals surface area (Å²) in [5.74, 6) is 0.453. The van der Waals surface area contributed by atoms with Crippen molar-refractivity contribution < 1.29 is 17.9 Å². The molecule has 6 nitrogen and oxygen atoms in total. The number of hydrogen-bond donors (Lipinski definition) is 0. The molecule has 0 N–H and O–H groups in total. The third-order valence-electron chi connectivity index (χ3n) is 4.31. The predicted octanol–water partition coefficient (Wildman–Crippen LogP) is 2.64. The monoisotopic (exact) mass is 374 g/mol. The summed E-state index contributed by atoms with van der Waals surface area (Å²) in [6, 6.07) is 16.3. The molecule has 0 saturated carbocycles. The number of amides is 1. The Labute approximate surface area is 154 Å². The van der Waals surface area contributed by atoms with Crippen LogP contribution in [0.4, 0.5) is 4.79 Å². The van der Waals surface area contributed by atoms with Gasteiger partial charge in [-0.3, -0.25) is 0 Å². The van der Waals surface area contributed by atoms with E-state index < -0.39 is 16.1 Å². The highest BCUT2D eigenvalue weighted by molar-refractivity contribution is 7.88. The fourth-order valence-corrected chi connectivity index (χ4v) is 4.30. The summed E-state index contributed by atoms with van der Waals surface area (Å²) in [4.78, 5) is 13.7. The van der Waals surface area contributed by atoms with Gasteiger partial charge in [0.05, 0.1) is 5.75 Å². The van der Waals surface area contributed by atoms with Crippen LogP contribution < -0.4 is 4.74 Å². The Bertz CT molecular complexity index is 843. The molecule has 3 rings (SSSR count). The first-order valence-corrected chi connectivity index (χ1v) is 10.1. The maximum Gasteiger partial charge on any atom is 0.415 e. The largest absolute Gasteiger partial charge is 0.415 e. The van der Waals surface area contributed by atoms with E-state index >= 15 is 0 Å². The first kappa shape index (κ1) is 18.4. The van der Waals surface area contributed by atoms with Crippen LogP contribution in [0.2, 0.25) is 0 Å². The Morgan fingerprint density at radius 3 is 2.19 bits per heavy atom. The first-order chi connectivity index (χ1) is 12.4. The molecule has 138 valence electrons. The fourth-order valence-electron chi connectivity index (χ4n) is 2.79. The lowest BCUT2D eigenvalue weighted by Crippen LogP contribution is -2.51. The van der Waals surface area contributed by atoms with E-state index in [1.807, 2.05) is 37.3 Å². The molecule has 1 fully saturated rings. The van der Waals surface area contributed by atoms with Gasteiger partial charge in [0.25, 0.3) is 0 Å². The van der Waals surface area contributed by atoms with Gasteiger partial charge in [-0.1, -0.05) is 48.0 Å². The summed E-state index contributed by atoms with van der Waals surface area (Å²) in [5.41, 5.74) is 1.86. The van der Waals surface area contributed by atoms with Crippen molar-refractivity contribution in [2.75, 3.05) is 26.2 Å². The van der Waals surface area contributed by atoms with Gasteiger partial charge in [-0.05, 0) is 24.6 Å². The summed E-state index contributed by atoms with van der Waals surface area (Å²) >= 11 is 0. The Hall–Kier alpha value is -2.38.